The molecule has 5 amide bonds. The number of nitrogens with two attached hydrogens (primary N) is 1. The molecule has 2 rings (SSSR count). The van der Waals surface area contributed by atoms with E-state index in [1.165, 1.54) is 7.05 Å². The minimum atomic E-state index is -1.19. The van der Waals surface area contributed by atoms with Gasteiger partial charge in [-0.25, -0.2) is 0 Å². The van der Waals surface area contributed by atoms with Gasteiger partial charge in [-0.3, -0.25) is 33.8 Å². The summed E-state index contributed by atoms with van der Waals surface area (Å²) in [4.78, 5) is 82.2. The highest BCUT2D eigenvalue weighted by molar-refractivity contribution is 6.38. The van der Waals surface area contributed by atoms with Crippen LogP contribution in [0.25, 0.3) is 0 Å². The molecule has 4 atom stereocenters. The lowest BCUT2D eigenvalue weighted by atomic mass is 9.93. The Hall–Kier alpha value is -4.61. The van der Waals surface area contributed by atoms with E-state index in [4.69, 9.17) is 5.73 Å². The van der Waals surface area contributed by atoms with E-state index < -0.39 is 60.0 Å². The number of hydrogen-bond acceptors (Lipinski definition) is 7. The van der Waals surface area contributed by atoms with Gasteiger partial charge in [0.15, 0.2) is 0 Å². The van der Waals surface area contributed by atoms with Crippen molar-refractivity contribution in [3.63, 3.8) is 0 Å². The Morgan fingerprint density at radius 2 is 1.55 bits per heavy atom. The second-order valence-electron chi connectivity index (χ2n) is 11.3. The number of benzene rings is 1. The zero-order valence-corrected chi connectivity index (χ0v) is 26.0. The van der Waals surface area contributed by atoms with Gasteiger partial charge >= 0.3 is 0 Å². The van der Waals surface area contributed by atoms with E-state index in [9.17, 15) is 28.8 Å². The van der Waals surface area contributed by atoms with Gasteiger partial charge in [-0.15, -0.1) is 0 Å². The zero-order valence-electron chi connectivity index (χ0n) is 26.0. The third-order valence-corrected chi connectivity index (χ3v) is 7.35. The average molecular weight is 609 g/mol. The minimum Gasteiger partial charge on any atom is -0.368 e. The number of Topliss-reactive ketones (excluding diaryl/α,β-unsaturated/α-hetero) is 1. The maximum atomic E-state index is 13.3. The fraction of sp³-hybridized carbons (Fsp3) is 0.469. The van der Waals surface area contributed by atoms with Gasteiger partial charge in [0.2, 0.25) is 29.4 Å². The molecule has 0 bridgehead atoms. The van der Waals surface area contributed by atoms with Crippen molar-refractivity contribution in [3.05, 3.63) is 66.0 Å². The molecule has 0 saturated heterocycles. The predicted octanol–water partition coefficient (Wildman–Crippen LogP) is 0.926. The van der Waals surface area contributed by atoms with Gasteiger partial charge in [0.05, 0.1) is 19.0 Å². The summed E-state index contributed by atoms with van der Waals surface area (Å²) < 4.78 is 0. The van der Waals surface area contributed by atoms with Gasteiger partial charge in [-0.1, -0.05) is 64.4 Å². The zero-order chi connectivity index (χ0) is 32.8. The first-order valence-corrected chi connectivity index (χ1v) is 14.7. The van der Waals surface area contributed by atoms with Gasteiger partial charge < -0.3 is 26.6 Å². The number of nitrogens with zero attached hydrogens (tertiary/aromatic N) is 2. The molecular weight excluding hydrogens is 564 g/mol. The van der Waals surface area contributed by atoms with Crippen LogP contribution in [-0.2, 0) is 41.6 Å². The number of nitrogens with one attached hydrogen (secondary N) is 3. The van der Waals surface area contributed by atoms with Crippen molar-refractivity contribution in [1.29, 1.82) is 0 Å². The van der Waals surface area contributed by atoms with Gasteiger partial charge in [0.1, 0.15) is 12.1 Å². The molecule has 4 unspecified atom stereocenters. The second-order valence-corrected chi connectivity index (χ2v) is 11.3. The third-order valence-electron chi connectivity index (χ3n) is 7.35. The van der Waals surface area contributed by atoms with Gasteiger partial charge in [0, 0.05) is 25.9 Å². The first-order valence-electron chi connectivity index (χ1n) is 14.7. The highest BCUT2D eigenvalue weighted by Crippen LogP contribution is 2.13. The summed E-state index contributed by atoms with van der Waals surface area (Å²) >= 11 is 0. The molecule has 0 saturated carbocycles. The van der Waals surface area contributed by atoms with Crippen LogP contribution in [0, 0.1) is 11.8 Å². The van der Waals surface area contributed by atoms with Gasteiger partial charge in [-0.2, -0.15) is 0 Å². The van der Waals surface area contributed by atoms with Gasteiger partial charge in [-0.05, 0) is 41.5 Å². The summed E-state index contributed by atoms with van der Waals surface area (Å²) in [6, 6.07) is 9.35. The largest absolute Gasteiger partial charge is 0.368 e. The molecule has 238 valence electrons. The molecule has 1 aromatic carbocycles. The van der Waals surface area contributed by atoms with Crippen molar-refractivity contribution in [2.45, 2.75) is 71.5 Å². The van der Waals surface area contributed by atoms with Crippen molar-refractivity contribution in [2.24, 2.45) is 17.6 Å². The molecule has 0 aliphatic rings. The van der Waals surface area contributed by atoms with Crippen molar-refractivity contribution >= 4 is 35.3 Å². The number of ketones is 1. The highest BCUT2D eigenvalue weighted by Gasteiger charge is 2.34. The van der Waals surface area contributed by atoms with Crippen LogP contribution >= 0.6 is 0 Å². The Kier molecular flexibility index (Phi) is 14.1. The van der Waals surface area contributed by atoms with Crippen LogP contribution in [0.1, 0.15) is 51.7 Å². The number of amides is 5. The number of rotatable bonds is 17. The van der Waals surface area contributed by atoms with Crippen molar-refractivity contribution in [1.82, 2.24) is 25.8 Å². The lowest BCUT2D eigenvalue weighted by Gasteiger charge is -2.27. The van der Waals surface area contributed by atoms with E-state index in [0.717, 1.165) is 16.0 Å². The maximum Gasteiger partial charge on any atom is 0.290 e. The summed E-state index contributed by atoms with van der Waals surface area (Å²) in [6.07, 6.45) is 4.15. The number of aromatic nitrogens is 1. The van der Waals surface area contributed by atoms with E-state index in [1.807, 2.05) is 26.8 Å². The van der Waals surface area contributed by atoms with Crippen molar-refractivity contribution < 1.29 is 28.8 Å². The highest BCUT2D eigenvalue weighted by atomic mass is 16.2. The SMILES string of the molecule is CCC(C)C(NC(=O)C(CC(C)C)NC(=O)Cc1ccncc1)C(=O)C(=O)NCC(=O)N(C)C(Cc1ccccc1)C(N)=O. The third kappa shape index (κ3) is 11.2. The van der Waals surface area contributed by atoms with E-state index in [1.54, 1.807) is 55.7 Å². The molecule has 0 aliphatic heterocycles. The summed E-state index contributed by atoms with van der Waals surface area (Å²) in [5, 5.41) is 7.73. The molecule has 1 heterocycles. The smallest absolute Gasteiger partial charge is 0.290 e. The van der Waals surface area contributed by atoms with Crippen LogP contribution in [0.5, 0.6) is 0 Å². The van der Waals surface area contributed by atoms with E-state index >= 15 is 0 Å². The molecule has 5 N–H and O–H groups in total. The minimum absolute atomic E-state index is 0.0437. The van der Waals surface area contributed by atoms with E-state index in [-0.39, 0.29) is 24.7 Å². The lowest BCUT2D eigenvalue weighted by molar-refractivity contribution is -0.143. The maximum absolute atomic E-state index is 13.3. The van der Waals surface area contributed by atoms with Crippen molar-refractivity contribution in [2.75, 3.05) is 13.6 Å². The van der Waals surface area contributed by atoms with Crippen LogP contribution in [-0.4, -0.2) is 76.9 Å². The topological polar surface area (TPSA) is 181 Å². The molecule has 12 heteroatoms. The van der Waals surface area contributed by atoms with Crippen LogP contribution in [0.15, 0.2) is 54.9 Å². The van der Waals surface area contributed by atoms with Crippen LogP contribution in [0.4, 0.5) is 0 Å². The molecule has 0 spiro atoms. The number of carbonyl (C=O) groups excluding carboxylic acids is 6. The Labute approximate surface area is 258 Å². The Balaban J connectivity index is 2.07. The van der Waals surface area contributed by atoms with Crippen molar-refractivity contribution in [3.8, 4) is 0 Å². The number of pyridine rings is 1. The lowest BCUT2D eigenvalue weighted by Crippen LogP contribution is -2.57. The monoisotopic (exact) mass is 608 g/mol. The first-order chi connectivity index (χ1) is 20.8. The molecule has 12 nitrogen and oxygen atoms in total. The number of carbonyl (C=O) groups is 6. The van der Waals surface area contributed by atoms with E-state index in [2.05, 4.69) is 20.9 Å². The molecule has 0 radical (unpaired) electrons. The fourth-order valence-corrected chi connectivity index (χ4v) is 4.54. The van der Waals surface area contributed by atoms with Gasteiger partial charge in [0.25, 0.3) is 5.91 Å². The average Bonchev–Trinajstić information content (AvgIpc) is 3.00. The molecule has 1 aromatic heterocycles. The Bertz CT molecular complexity index is 1290. The summed E-state index contributed by atoms with van der Waals surface area (Å²) in [7, 11) is 1.40. The van der Waals surface area contributed by atoms with Crippen LogP contribution in [0.3, 0.4) is 0 Å². The van der Waals surface area contributed by atoms with E-state index in [0.29, 0.717) is 12.8 Å². The molecule has 0 fully saturated rings. The normalized spacial score (nSPS) is 13.6. The van der Waals surface area contributed by atoms with Crippen LogP contribution < -0.4 is 21.7 Å². The number of hydrogen-bond donors (Lipinski definition) is 4. The van der Waals surface area contributed by atoms with Crippen LogP contribution in [0.2, 0.25) is 0 Å². The molecule has 44 heavy (non-hydrogen) atoms. The molecule has 2 aromatic rings. The number of primary amides is 1. The summed E-state index contributed by atoms with van der Waals surface area (Å²) in [6.45, 7) is 6.77. The first kappa shape index (κ1) is 35.6. The molecule has 0 aliphatic carbocycles. The Morgan fingerprint density at radius 1 is 0.909 bits per heavy atom. The quantitative estimate of drug-likeness (QED) is 0.193. The fourth-order valence-electron chi connectivity index (χ4n) is 4.54. The predicted molar refractivity (Wildman–Crippen MR) is 165 cm³/mol. The summed E-state index contributed by atoms with van der Waals surface area (Å²) in [5.74, 6) is -4.66. The second kappa shape index (κ2) is 17.5. The molecular formula is C32H44N6O6. The summed E-state index contributed by atoms with van der Waals surface area (Å²) in [5.41, 5.74) is 7.07. The number of likely N-dealkylation sites (N-methyl/N-ethyl adjacent to an activating group) is 1. The Morgan fingerprint density at radius 3 is 2.11 bits per heavy atom. The standard InChI is InChI=1S/C32H44N6O6/c1-6-21(4)28(37-31(43)24(16-20(2)3)36-26(39)18-23-12-14-34-15-13-23)29(41)32(44)35-19-27(40)38(5)25(30(33)42)17-22-10-8-7-9-11-22/h7-15,20-21,24-25,28H,6,16-19H2,1-5H3,(H2,33,42)(H,35,44)(H,36,39)(H,37,43).